The summed E-state index contributed by atoms with van der Waals surface area (Å²) in [6, 6.07) is 5.79. The Morgan fingerprint density at radius 2 is 1.95 bits per heavy atom. The lowest BCUT2D eigenvalue weighted by molar-refractivity contribution is -0.197. The standard InChI is InChI=1S/C14H16F3NO2/c15-14(16,17)12-7-2-1-6-11(12)13(20)18-9-4-3-5-10(19)8-9/h3-5,8,11-12,19H,1-2,6-7H2,(H,18,20). The van der Waals surface area contributed by atoms with Gasteiger partial charge in [0.15, 0.2) is 0 Å². The topological polar surface area (TPSA) is 49.3 Å². The first-order chi connectivity index (χ1) is 9.38. The first-order valence-electron chi connectivity index (χ1n) is 6.54. The average molecular weight is 287 g/mol. The fourth-order valence-electron chi connectivity index (χ4n) is 2.66. The highest BCUT2D eigenvalue weighted by molar-refractivity contribution is 5.93. The van der Waals surface area contributed by atoms with E-state index >= 15 is 0 Å². The van der Waals surface area contributed by atoms with E-state index in [0.29, 0.717) is 18.5 Å². The molecular formula is C14H16F3NO2. The quantitative estimate of drug-likeness (QED) is 0.871. The smallest absolute Gasteiger partial charge is 0.392 e. The molecule has 0 heterocycles. The van der Waals surface area contributed by atoms with Crippen LogP contribution in [0.15, 0.2) is 24.3 Å². The molecule has 0 aromatic heterocycles. The fraction of sp³-hybridized carbons (Fsp3) is 0.500. The maximum absolute atomic E-state index is 12.9. The van der Waals surface area contributed by atoms with Gasteiger partial charge in [-0.1, -0.05) is 18.9 Å². The summed E-state index contributed by atoms with van der Waals surface area (Å²) in [6.07, 6.45) is -2.97. The van der Waals surface area contributed by atoms with Crippen LogP contribution in [-0.2, 0) is 4.79 Å². The summed E-state index contributed by atoms with van der Waals surface area (Å²) in [5.74, 6) is -3.30. The van der Waals surface area contributed by atoms with Gasteiger partial charge in [-0.2, -0.15) is 13.2 Å². The van der Waals surface area contributed by atoms with Crippen LogP contribution in [0.25, 0.3) is 0 Å². The van der Waals surface area contributed by atoms with E-state index in [4.69, 9.17) is 0 Å². The number of benzene rings is 1. The second kappa shape index (κ2) is 5.73. The van der Waals surface area contributed by atoms with E-state index in [1.165, 1.54) is 24.3 Å². The van der Waals surface area contributed by atoms with Gasteiger partial charge in [-0.05, 0) is 25.0 Å². The van der Waals surface area contributed by atoms with E-state index in [-0.39, 0.29) is 18.6 Å². The molecule has 0 spiro atoms. The van der Waals surface area contributed by atoms with Gasteiger partial charge in [0.1, 0.15) is 5.75 Å². The van der Waals surface area contributed by atoms with Gasteiger partial charge in [-0.3, -0.25) is 4.79 Å². The predicted octanol–water partition coefficient (Wildman–Crippen LogP) is 3.70. The highest BCUT2D eigenvalue weighted by atomic mass is 19.4. The number of phenolic OH excluding ortho intramolecular Hbond substituents is 1. The molecule has 0 radical (unpaired) electrons. The number of rotatable bonds is 2. The Morgan fingerprint density at radius 1 is 1.25 bits per heavy atom. The summed E-state index contributed by atoms with van der Waals surface area (Å²) in [5, 5.41) is 11.7. The normalized spacial score (nSPS) is 23.4. The van der Waals surface area contributed by atoms with Crippen molar-refractivity contribution in [2.45, 2.75) is 31.9 Å². The minimum absolute atomic E-state index is 0.00161. The molecule has 0 bridgehead atoms. The lowest BCUT2D eigenvalue weighted by atomic mass is 9.78. The number of hydrogen-bond acceptors (Lipinski definition) is 2. The van der Waals surface area contributed by atoms with Crippen LogP contribution in [0, 0.1) is 11.8 Å². The van der Waals surface area contributed by atoms with Crippen molar-refractivity contribution in [3.8, 4) is 5.75 Å². The molecule has 2 N–H and O–H groups in total. The Balaban J connectivity index is 2.10. The zero-order chi connectivity index (χ0) is 14.8. The highest BCUT2D eigenvalue weighted by Crippen LogP contribution is 2.41. The third-order valence-electron chi connectivity index (χ3n) is 3.64. The van der Waals surface area contributed by atoms with Crippen LogP contribution in [-0.4, -0.2) is 17.2 Å². The summed E-state index contributed by atoms with van der Waals surface area (Å²) in [4.78, 5) is 12.0. The molecule has 1 aliphatic rings. The number of alkyl halides is 3. The number of hydrogen-bond donors (Lipinski definition) is 2. The van der Waals surface area contributed by atoms with Crippen molar-refractivity contribution in [3.63, 3.8) is 0 Å². The summed E-state index contributed by atoms with van der Waals surface area (Å²) < 4.78 is 38.8. The van der Waals surface area contributed by atoms with Crippen LogP contribution in [0.2, 0.25) is 0 Å². The van der Waals surface area contributed by atoms with Crippen molar-refractivity contribution in [3.05, 3.63) is 24.3 Å². The van der Waals surface area contributed by atoms with Crippen molar-refractivity contribution in [2.75, 3.05) is 5.32 Å². The third kappa shape index (κ3) is 3.43. The zero-order valence-corrected chi connectivity index (χ0v) is 10.8. The first-order valence-corrected chi connectivity index (χ1v) is 6.54. The van der Waals surface area contributed by atoms with E-state index < -0.39 is 23.9 Å². The molecule has 0 saturated heterocycles. The van der Waals surface area contributed by atoms with Gasteiger partial charge in [0.05, 0.1) is 5.92 Å². The predicted molar refractivity (Wildman–Crippen MR) is 68.2 cm³/mol. The van der Waals surface area contributed by atoms with Crippen LogP contribution in [0.5, 0.6) is 5.75 Å². The van der Waals surface area contributed by atoms with Crippen LogP contribution >= 0.6 is 0 Å². The molecule has 2 rings (SSSR count). The van der Waals surface area contributed by atoms with E-state index in [1.54, 1.807) is 0 Å². The molecule has 1 amide bonds. The number of aromatic hydroxyl groups is 1. The van der Waals surface area contributed by atoms with Crippen LogP contribution in [0.1, 0.15) is 25.7 Å². The third-order valence-corrected chi connectivity index (χ3v) is 3.64. The van der Waals surface area contributed by atoms with Gasteiger partial charge in [0.2, 0.25) is 5.91 Å². The number of phenols is 1. The number of amides is 1. The average Bonchev–Trinajstić information content (AvgIpc) is 2.37. The first kappa shape index (κ1) is 14.7. The number of carbonyl (C=O) groups excluding carboxylic acids is 1. The van der Waals surface area contributed by atoms with Gasteiger partial charge in [0, 0.05) is 17.7 Å². The van der Waals surface area contributed by atoms with Gasteiger partial charge in [-0.15, -0.1) is 0 Å². The Hall–Kier alpha value is -1.72. The molecule has 6 heteroatoms. The second-order valence-corrected chi connectivity index (χ2v) is 5.08. The summed E-state index contributed by atoms with van der Waals surface area (Å²) in [6.45, 7) is 0. The van der Waals surface area contributed by atoms with Crippen molar-refractivity contribution < 1.29 is 23.1 Å². The molecule has 1 aromatic rings. The Kier molecular flexibility index (Phi) is 4.20. The zero-order valence-electron chi connectivity index (χ0n) is 10.8. The van der Waals surface area contributed by atoms with Gasteiger partial charge in [0.25, 0.3) is 0 Å². The monoisotopic (exact) mass is 287 g/mol. The minimum atomic E-state index is -4.35. The lowest BCUT2D eigenvalue weighted by Crippen LogP contribution is -2.39. The van der Waals surface area contributed by atoms with Crippen LogP contribution in [0.4, 0.5) is 18.9 Å². The summed E-state index contributed by atoms with van der Waals surface area (Å²) in [7, 11) is 0. The molecule has 110 valence electrons. The SMILES string of the molecule is O=C(Nc1cccc(O)c1)C1CCCCC1C(F)(F)F. The lowest BCUT2D eigenvalue weighted by Gasteiger charge is -2.31. The van der Waals surface area contributed by atoms with Crippen LogP contribution < -0.4 is 5.32 Å². The molecule has 2 atom stereocenters. The maximum atomic E-state index is 12.9. The van der Waals surface area contributed by atoms with E-state index in [1.807, 2.05) is 0 Å². The second-order valence-electron chi connectivity index (χ2n) is 5.08. The molecule has 20 heavy (non-hydrogen) atoms. The summed E-state index contributed by atoms with van der Waals surface area (Å²) >= 11 is 0. The van der Waals surface area contributed by atoms with Gasteiger partial charge < -0.3 is 10.4 Å². The number of halogens is 3. The van der Waals surface area contributed by atoms with E-state index in [0.717, 1.165) is 0 Å². The molecule has 1 aromatic carbocycles. The molecule has 3 nitrogen and oxygen atoms in total. The van der Waals surface area contributed by atoms with E-state index in [2.05, 4.69) is 5.32 Å². The molecule has 2 unspecified atom stereocenters. The Bertz CT molecular complexity index is 488. The minimum Gasteiger partial charge on any atom is -0.508 e. The number of anilines is 1. The number of carbonyl (C=O) groups is 1. The molecule has 1 saturated carbocycles. The van der Waals surface area contributed by atoms with Crippen molar-refractivity contribution >= 4 is 11.6 Å². The van der Waals surface area contributed by atoms with Gasteiger partial charge in [-0.25, -0.2) is 0 Å². The van der Waals surface area contributed by atoms with E-state index in [9.17, 15) is 23.1 Å². The van der Waals surface area contributed by atoms with Crippen molar-refractivity contribution in [2.24, 2.45) is 11.8 Å². The fourth-order valence-corrected chi connectivity index (χ4v) is 2.66. The Labute approximate surface area is 114 Å². The summed E-state index contributed by atoms with van der Waals surface area (Å²) in [5.41, 5.74) is 0.307. The maximum Gasteiger partial charge on any atom is 0.392 e. The van der Waals surface area contributed by atoms with Gasteiger partial charge >= 0.3 is 6.18 Å². The molecule has 0 aliphatic heterocycles. The Morgan fingerprint density at radius 3 is 2.60 bits per heavy atom. The molecule has 1 aliphatic carbocycles. The van der Waals surface area contributed by atoms with Crippen molar-refractivity contribution in [1.29, 1.82) is 0 Å². The number of nitrogens with one attached hydrogen (secondary N) is 1. The van der Waals surface area contributed by atoms with Crippen LogP contribution in [0.3, 0.4) is 0 Å². The molecular weight excluding hydrogens is 271 g/mol. The molecule has 1 fully saturated rings. The van der Waals surface area contributed by atoms with Crippen molar-refractivity contribution in [1.82, 2.24) is 0 Å². The highest BCUT2D eigenvalue weighted by Gasteiger charge is 2.47. The largest absolute Gasteiger partial charge is 0.508 e.